The molecule has 0 fully saturated rings. The van der Waals surface area contributed by atoms with Crippen molar-refractivity contribution in [2.24, 2.45) is 0 Å². The molecule has 2 aromatic carbocycles. The SMILES string of the molecule is CCOC(=O)C(C)Oc1ccc(Oc2cnc3cc(F)ccc3c2)cc1. The van der Waals surface area contributed by atoms with Crippen LogP contribution < -0.4 is 9.47 Å². The number of aromatic nitrogens is 1. The number of fused-ring (bicyclic) bond motifs is 1. The highest BCUT2D eigenvalue weighted by molar-refractivity contribution is 5.79. The molecule has 6 heteroatoms. The van der Waals surface area contributed by atoms with Gasteiger partial charge in [-0.25, -0.2) is 9.18 Å². The summed E-state index contributed by atoms with van der Waals surface area (Å²) in [7, 11) is 0. The molecular formula is C20H18FNO4. The minimum absolute atomic E-state index is 0.311. The monoisotopic (exact) mass is 355 g/mol. The van der Waals surface area contributed by atoms with E-state index in [1.54, 1.807) is 50.2 Å². The standard InChI is InChI=1S/C20H18FNO4/c1-3-24-20(23)13(2)25-16-6-8-17(9-7-16)26-18-10-14-4-5-15(21)11-19(14)22-12-18/h4-13H,3H2,1-2H3. The third-order valence-electron chi connectivity index (χ3n) is 3.61. The molecule has 0 aliphatic carbocycles. The highest BCUT2D eigenvalue weighted by Gasteiger charge is 2.15. The van der Waals surface area contributed by atoms with Crippen molar-refractivity contribution in [1.82, 2.24) is 4.98 Å². The highest BCUT2D eigenvalue weighted by Crippen LogP contribution is 2.26. The van der Waals surface area contributed by atoms with E-state index in [1.807, 2.05) is 0 Å². The number of rotatable bonds is 6. The van der Waals surface area contributed by atoms with Gasteiger partial charge in [0.1, 0.15) is 23.1 Å². The quantitative estimate of drug-likeness (QED) is 0.610. The van der Waals surface area contributed by atoms with E-state index in [0.29, 0.717) is 29.4 Å². The number of carbonyl (C=O) groups is 1. The number of ether oxygens (including phenoxy) is 3. The summed E-state index contributed by atoms with van der Waals surface area (Å²) < 4.78 is 29.4. The van der Waals surface area contributed by atoms with E-state index >= 15 is 0 Å². The topological polar surface area (TPSA) is 57.7 Å². The molecule has 0 radical (unpaired) electrons. The molecule has 0 aliphatic heterocycles. The molecule has 1 unspecified atom stereocenters. The van der Waals surface area contributed by atoms with Crippen LogP contribution in [0.2, 0.25) is 0 Å². The third-order valence-corrected chi connectivity index (χ3v) is 3.61. The number of halogens is 1. The van der Waals surface area contributed by atoms with Crippen LogP contribution in [-0.4, -0.2) is 23.7 Å². The summed E-state index contributed by atoms with van der Waals surface area (Å²) >= 11 is 0. The predicted molar refractivity (Wildman–Crippen MR) is 94.9 cm³/mol. The molecule has 0 N–H and O–H groups in total. The lowest BCUT2D eigenvalue weighted by Gasteiger charge is -2.13. The Labute approximate surface area is 150 Å². The molecule has 26 heavy (non-hydrogen) atoms. The van der Waals surface area contributed by atoms with E-state index in [9.17, 15) is 9.18 Å². The van der Waals surface area contributed by atoms with Gasteiger partial charge in [0.05, 0.1) is 18.3 Å². The van der Waals surface area contributed by atoms with E-state index in [4.69, 9.17) is 14.2 Å². The molecule has 3 aromatic rings. The fraction of sp³-hybridized carbons (Fsp3) is 0.200. The summed E-state index contributed by atoms with van der Waals surface area (Å²) in [6, 6.07) is 13.0. The predicted octanol–water partition coefficient (Wildman–Crippen LogP) is 4.50. The number of pyridine rings is 1. The lowest BCUT2D eigenvalue weighted by Crippen LogP contribution is -2.25. The van der Waals surface area contributed by atoms with Gasteiger partial charge < -0.3 is 14.2 Å². The van der Waals surface area contributed by atoms with Crippen molar-refractivity contribution in [1.29, 1.82) is 0 Å². The van der Waals surface area contributed by atoms with Gasteiger partial charge in [0.25, 0.3) is 0 Å². The molecular weight excluding hydrogens is 337 g/mol. The summed E-state index contributed by atoms with van der Waals surface area (Å²) in [5, 5.41) is 0.784. The summed E-state index contributed by atoms with van der Waals surface area (Å²) in [6.45, 7) is 3.69. The second kappa shape index (κ2) is 7.82. The van der Waals surface area contributed by atoms with Gasteiger partial charge in [-0.3, -0.25) is 4.98 Å². The molecule has 1 aromatic heterocycles. The first-order valence-electron chi connectivity index (χ1n) is 8.21. The molecule has 0 bridgehead atoms. The van der Waals surface area contributed by atoms with Crippen LogP contribution in [0.1, 0.15) is 13.8 Å². The van der Waals surface area contributed by atoms with Gasteiger partial charge in [0, 0.05) is 11.5 Å². The number of hydrogen-bond acceptors (Lipinski definition) is 5. The number of benzene rings is 2. The lowest BCUT2D eigenvalue weighted by molar-refractivity contribution is -0.150. The second-order valence-electron chi connectivity index (χ2n) is 5.59. The highest BCUT2D eigenvalue weighted by atomic mass is 19.1. The molecule has 0 aliphatic rings. The number of nitrogens with zero attached hydrogens (tertiary/aromatic N) is 1. The van der Waals surface area contributed by atoms with Crippen LogP contribution in [-0.2, 0) is 9.53 Å². The summed E-state index contributed by atoms with van der Waals surface area (Å²) in [5.41, 5.74) is 0.564. The molecule has 0 spiro atoms. The van der Waals surface area contributed by atoms with E-state index in [0.717, 1.165) is 5.39 Å². The Kier molecular flexibility index (Phi) is 5.31. The van der Waals surface area contributed by atoms with Crippen LogP contribution >= 0.6 is 0 Å². The Morgan fingerprint density at radius 2 is 1.81 bits per heavy atom. The Balaban J connectivity index is 1.67. The van der Waals surface area contributed by atoms with Crippen LogP contribution in [0.3, 0.4) is 0 Å². The molecule has 134 valence electrons. The van der Waals surface area contributed by atoms with Crippen LogP contribution in [0, 0.1) is 5.82 Å². The van der Waals surface area contributed by atoms with Gasteiger partial charge in [0.2, 0.25) is 0 Å². The average molecular weight is 355 g/mol. The minimum atomic E-state index is -0.688. The first-order valence-corrected chi connectivity index (χ1v) is 8.21. The number of carbonyl (C=O) groups excluding carboxylic acids is 1. The Morgan fingerprint density at radius 3 is 2.54 bits per heavy atom. The zero-order valence-corrected chi connectivity index (χ0v) is 14.4. The van der Waals surface area contributed by atoms with Crippen LogP contribution in [0.5, 0.6) is 17.2 Å². The number of esters is 1. The third kappa shape index (κ3) is 4.27. The van der Waals surface area contributed by atoms with Gasteiger partial charge >= 0.3 is 5.97 Å². The van der Waals surface area contributed by atoms with Crippen LogP contribution in [0.4, 0.5) is 4.39 Å². The molecule has 1 heterocycles. The largest absolute Gasteiger partial charge is 0.479 e. The van der Waals surface area contributed by atoms with Crippen LogP contribution in [0.25, 0.3) is 10.9 Å². The first kappa shape index (κ1) is 17.7. The van der Waals surface area contributed by atoms with Crippen molar-refractivity contribution in [2.45, 2.75) is 20.0 Å². The first-order chi connectivity index (χ1) is 12.5. The zero-order valence-electron chi connectivity index (χ0n) is 14.4. The van der Waals surface area contributed by atoms with Gasteiger partial charge in [-0.15, -0.1) is 0 Å². The maximum absolute atomic E-state index is 13.2. The lowest BCUT2D eigenvalue weighted by atomic mass is 10.2. The van der Waals surface area contributed by atoms with Crippen molar-refractivity contribution in [3.05, 3.63) is 60.5 Å². The molecule has 1 atom stereocenters. The zero-order chi connectivity index (χ0) is 18.5. The van der Waals surface area contributed by atoms with Crippen molar-refractivity contribution < 1.29 is 23.4 Å². The maximum atomic E-state index is 13.2. The fourth-order valence-electron chi connectivity index (χ4n) is 2.36. The summed E-state index contributed by atoms with van der Waals surface area (Å²) in [6.07, 6.45) is 0.849. The summed E-state index contributed by atoms with van der Waals surface area (Å²) in [4.78, 5) is 15.8. The van der Waals surface area contributed by atoms with Crippen molar-refractivity contribution in [2.75, 3.05) is 6.61 Å². The van der Waals surface area contributed by atoms with Gasteiger partial charge in [-0.2, -0.15) is 0 Å². The van der Waals surface area contributed by atoms with Gasteiger partial charge in [-0.1, -0.05) is 0 Å². The molecule has 0 amide bonds. The second-order valence-corrected chi connectivity index (χ2v) is 5.59. The van der Waals surface area contributed by atoms with E-state index in [1.165, 1.54) is 18.3 Å². The van der Waals surface area contributed by atoms with E-state index < -0.39 is 12.1 Å². The Bertz CT molecular complexity index is 911. The van der Waals surface area contributed by atoms with Crippen molar-refractivity contribution >= 4 is 16.9 Å². The Hall–Kier alpha value is -3.15. The average Bonchev–Trinajstić information content (AvgIpc) is 2.63. The van der Waals surface area contributed by atoms with E-state index in [2.05, 4.69) is 4.98 Å². The van der Waals surface area contributed by atoms with Crippen LogP contribution in [0.15, 0.2) is 54.7 Å². The number of hydrogen-bond donors (Lipinski definition) is 0. The normalized spacial score (nSPS) is 11.8. The fourth-order valence-corrected chi connectivity index (χ4v) is 2.36. The van der Waals surface area contributed by atoms with Gasteiger partial charge in [-0.05, 0) is 56.3 Å². The molecule has 0 saturated heterocycles. The maximum Gasteiger partial charge on any atom is 0.347 e. The van der Waals surface area contributed by atoms with Crippen molar-refractivity contribution in [3.63, 3.8) is 0 Å². The minimum Gasteiger partial charge on any atom is -0.479 e. The van der Waals surface area contributed by atoms with Gasteiger partial charge in [0.15, 0.2) is 6.10 Å². The molecule has 3 rings (SSSR count). The van der Waals surface area contributed by atoms with Crippen molar-refractivity contribution in [3.8, 4) is 17.2 Å². The smallest absolute Gasteiger partial charge is 0.347 e. The van der Waals surface area contributed by atoms with E-state index in [-0.39, 0.29) is 5.82 Å². The molecule has 5 nitrogen and oxygen atoms in total. The molecule has 0 saturated carbocycles. The Morgan fingerprint density at radius 1 is 1.08 bits per heavy atom. The summed E-state index contributed by atoms with van der Waals surface area (Å²) in [5.74, 6) is 0.921.